The van der Waals surface area contributed by atoms with Crippen LogP contribution in [0.4, 0.5) is 0 Å². The smallest absolute Gasteiger partial charge is 1.00 e. The van der Waals surface area contributed by atoms with E-state index >= 15 is 0 Å². The van der Waals surface area contributed by atoms with Crippen LogP contribution in [0.2, 0.25) is 0 Å². The molecule has 2 unspecified atom stereocenters. The van der Waals surface area contributed by atoms with E-state index in [2.05, 4.69) is 20.8 Å². The van der Waals surface area contributed by atoms with Crippen LogP contribution < -0.4 is 29.6 Å². The Morgan fingerprint density at radius 3 is 2.10 bits per heavy atom. The van der Waals surface area contributed by atoms with Crippen LogP contribution in [0.5, 0.6) is 0 Å². The molecule has 5 heteroatoms. The zero-order chi connectivity index (χ0) is 15.2. The molecule has 0 fully saturated rings. The van der Waals surface area contributed by atoms with E-state index in [1.807, 2.05) is 0 Å². The molecule has 0 radical (unpaired) electrons. The fraction of sp³-hybridized carbons (Fsp3) is 0.625. The van der Waals surface area contributed by atoms with E-state index in [9.17, 15) is 8.42 Å². The maximum Gasteiger partial charge on any atom is 1.00 e. The van der Waals surface area contributed by atoms with Crippen molar-refractivity contribution >= 4 is 10.1 Å². The van der Waals surface area contributed by atoms with Gasteiger partial charge in [-0.2, -0.15) is 8.42 Å². The molecular weight excluding hydrogens is 295 g/mol. The van der Waals surface area contributed by atoms with Gasteiger partial charge in [-0.25, -0.2) is 0 Å². The summed E-state index contributed by atoms with van der Waals surface area (Å²) in [5.41, 5.74) is 1.13. The first-order chi connectivity index (χ1) is 9.34. The van der Waals surface area contributed by atoms with Crippen LogP contribution in [0, 0.1) is 5.92 Å². The van der Waals surface area contributed by atoms with E-state index in [1.54, 1.807) is 12.1 Å². The van der Waals surface area contributed by atoms with Gasteiger partial charge in [-0.3, -0.25) is 4.55 Å². The second-order valence-electron chi connectivity index (χ2n) is 5.74. The van der Waals surface area contributed by atoms with Crippen molar-refractivity contribution in [1.82, 2.24) is 0 Å². The van der Waals surface area contributed by atoms with Crippen LogP contribution in [0.15, 0.2) is 29.2 Å². The second-order valence-corrected chi connectivity index (χ2v) is 7.16. The quantitative estimate of drug-likeness (QED) is 0.451. The first-order valence-electron chi connectivity index (χ1n) is 7.42. The van der Waals surface area contributed by atoms with Gasteiger partial charge in [0.1, 0.15) is 0 Å². The number of unbranched alkanes of at least 4 members (excludes halogenated alkanes) is 1. The topological polar surface area (TPSA) is 54.4 Å². The molecule has 3 nitrogen and oxygen atoms in total. The monoisotopic (exact) mass is 322 g/mol. The molecule has 0 bridgehead atoms. The number of hydrogen-bond donors (Lipinski definition) is 1. The summed E-state index contributed by atoms with van der Waals surface area (Å²) in [6.07, 6.45) is 6.09. The van der Waals surface area contributed by atoms with Crippen molar-refractivity contribution in [3.63, 3.8) is 0 Å². The summed E-state index contributed by atoms with van der Waals surface area (Å²) in [5.74, 6) is 1.22. The predicted octanol–water partition coefficient (Wildman–Crippen LogP) is 1.76. The third-order valence-electron chi connectivity index (χ3n) is 4.03. The molecule has 0 spiro atoms. The Kier molecular flexibility index (Phi) is 10.1. The zero-order valence-electron chi connectivity index (χ0n) is 14.7. The molecule has 1 rings (SSSR count). The van der Waals surface area contributed by atoms with E-state index in [4.69, 9.17) is 4.55 Å². The molecule has 0 aliphatic carbocycles. The second kappa shape index (κ2) is 10.0. The summed E-state index contributed by atoms with van der Waals surface area (Å²) < 4.78 is 30.9. The van der Waals surface area contributed by atoms with Crippen molar-refractivity contribution in [3.8, 4) is 0 Å². The van der Waals surface area contributed by atoms with Gasteiger partial charge >= 0.3 is 29.6 Å². The molecule has 0 saturated heterocycles. The molecule has 1 N–H and O–H groups in total. The van der Waals surface area contributed by atoms with Gasteiger partial charge in [0.05, 0.1) is 4.90 Å². The van der Waals surface area contributed by atoms with Crippen LogP contribution >= 0.6 is 0 Å². The fourth-order valence-electron chi connectivity index (χ4n) is 2.28. The van der Waals surface area contributed by atoms with Crippen molar-refractivity contribution in [3.05, 3.63) is 29.8 Å². The minimum atomic E-state index is -4.08. The number of benzene rings is 1. The third kappa shape index (κ3) is 7.80. The van der Waals surface area contributed by atoms with Gasteiger partial charge in [0, 0.05) is 0 Å². The average molecular weight is 322 g/mol. The normalized spacial score (nSPS) is 14.3. The minimum absolute atomic E-state index is 0. The van der Waals surface area contributed by atoms with Crippen molar-refractivity contribution < 1.29 is 44.0 Å². The molecule has 0 heterocycles. The molecule has 0 aromatic heterocycles. The van der Waals surface area contributed by atoms with Crippen molar-refractivity contribution in [2.24, 2.45) is 5.92 Å². The van der Waals surface area contributed by atoms with Gasteiger partial charge in [0.2, 0.25) is 0 Å². The summed E-state index contributed by atoms with van der Waals surface area (Å²) in [4.78, 5) is -0.0368. The van der Waals surface area contributed by atoms with Gasteiger partial charge in [-0.1, -0.05) is 58.6 Å². The fourth-order valence-corrected chi connectivity index (χ4v) is 2.76. The van der Waals surface area contributed by atoms with Crippen LogP contribution in [-0.4, -0.2) is 13.0 Å². The third-order valence-corrected chi connectivity index (χ3v) is 4.90. The van der Waals surface area contributed by atoms with E-state index in [1.165, 1.54) is 37.8 Å². The van der Waals surface area contributed by atoms with Crippen molar-refractivity contribution in [2.75, 3.05) is 0 Å². The van der Waals surface area contributed by atoms with Gasteiger partial charge in [0.25, 0.3) is 10.1 Å². The molecule has 1 aromatic rings. The van der Waals surface area contributed by atoms with Crippen LogP contribution in [-0.2, 0) is 10.1 Å². The van der Waals surface area contributed by atoms with E-state index in [0.717, 1.165) is 17.9 Å². The number of hydrogen-bond acceptors (Lipinski definition) is 2. The van der Waals surface area contributed by atoms with Gasteiger partial charge in [0.15, 0.2) is 0 Å². The van der Waals surface area contributed by atoms with Gasteiger partial charge in [-0.05, 0) is 36.0 Å². The van der Waals surface area contributed by atoms with E-state index < -0.39 is 10.1 Å². The summed E-state index contributed by atoms with van der Waals surface area (Å²) in [7, 11) is -4.08. The van der Waals surface area contributed by atoms with Gasteiger partial charge < -0.3 is 1.43 Å². The largest absolute Gasteiger partial charge is 1.00 e. The zero-order valence-corrected chi connectivity index (χ0v) is 16.5. The molecule has 116 valence electrons. The summed E-state index contributed by atoms with van der Waals surface area (Å²) in [5, 5.41) is 0. The first kappa shape index (κ1) is 21.1. The standard InChI is InChI=1S/C16H26O3S.Na.H/c1-4-13(2)7-5-6-8-14(3)15-9-11-16(12-10-15)20(17,18)19;;/h9-14H,4-8H2,1-3H3,(H,17,18,19);;/q;+1;-1. The average Bonchev–Trinajstić information content (AvgIpc) is 2.42. The molecule has 0 saturated carbocycles. The van der Waals surface area contributed by atoms with Crippen molar-refractivity contribution in [2.45, 2.75) is 63.7 Å². The van der Waals surface area contributed by atoms with Crippen LogP contribution in [0.25, 0.3) is 0 Å². The number of rotatable bonds is 8. The first-order valence-corrected chi connectivity index (χ1v) is 8.86. The Labute approximate surface area is 153 Å². The Balaban J connectivity index is 0. The Bertz CT molecular complexity index is 503. The Morgan fingerprint density at radius 2 is 1.62 bits per heavy atom. The Morgan fingerprint density at radius 1 is 1.10 bits per heavy atom. The minimum Gasteiger partial charge on any atom is -1.00 e. The molecule has 21 heavy (non-hydrogen) atoms. The van der Waals surface area contributed by atoms with E-state index in [0.29, 0.717) is 5.92 Å². The molecular formula is C16H27NaO3S. The predicted molar refractivity (Wildman–Crippen MR) is 83.7 cm³/mol. The van der Waals surface area contributed by atoms with E-state index in [-0.39, 0.29) is 35.9 Å². The Hall–Kier alpha value is 0.130. The maximum absolute atomic E-state index is 11.0. The molecule has 0 amide bonds. The van der Waals surface area contributed by atoms with Crippen molar-refractivity contribution in [1.29, 1.82) is 0 Å². The summed E-state index contributed by atoms with van der Waals surface area (Å²) >= 11 is 0. The molecule has 1 aromatic carbocycles. The SMILES string of the molecule is CCC(C)CCCCC(C)c1ccc(S(=O)(=O)O)cc1.[H-].[Na+]. The molecule has 0 aliphatic heterocycles. The van der Waals surface area contributed by atoms with Crippen LogP contribution in [0.1, 0.15) is 65.8 Å². The molecule has 2 atom stereocenters. The van der Waals surface area contributed by atoms with Gasteiger partial charge in [-0.15, -0.1) is 0 Å². The maximum atomic E-state index is 11.0. The summed E-state index contributed by atoms with van der Waals surface area (Å²) in [6, 6.07) is 6.53. The van der Waals surface area contributed by atoms with Crippen LogP contribution in [0.3, 0.4) is 0 Å². The molecule has 0 aliphatic rings. The summed E-state index contributed by atoms with van der Waals surface area (Å²) in [6.45, 7) is 6.67.